The lowest BCUT2D eigenvalue weighted by molar-refractivity contribution is -0.131. The maximum atomic E-state index is 12.8. The first-order valence-corrected chi connectivity index (χ1v) is 9.84. The molecule has 6 heteroatoms. The summed E-state index contributed by atoms with van der Waals surface area (Å²) in [4.78, 5) is 25.1. The Balaban J connectivity index is 1.48. The van der Waals surface area contributed by atoms with Gasteiger partial charge in [0, 0.05) is 19.2 Å². The van der Waals surface area contributed by atoms with Gasteiger partial charge in [-0.1, -0.05) is 18.6 Å². The normalized spacial score (nSPS) is 23.8. The van der Waals surface area contributed by atoms with Crippen LogP contribution in [0.5, 0.6) is 5.75 Å². The highest BCUT2D eigenvalue weighted by atomic mass is 16.5. The molecular formula is C21H28N4O2. The number of hydrogen-bond acceptors (Lipinski definition) is 4. The van der Waals surface area contributed by atoms with Crippen LogP contribution < -0.4 is 4.74 Å². The molecule has 0 saturated carbocycles. The first-order valence-electron chi connectivity index (χ1n) is 9.84. The SMILES string of the molecule is COc1cccc(-c2cnc(C3CC(CN4CCCCC4)C(=O)N3C)[nH]2)c1. The summed E-state index contributed by atoms with van der Waals surface area (Å²) in [5, 5.41) is 0. The van der Waals surface area contributed by atoms with Crippen molar-refractivity contribution in [2.75, 3.05) is 33.8 Å². The third-order valence-electron chi connectivity index (χ3n) is 5.89. The van der Waals surface area contributed by atoms with Crippen molar-refractivity contribution in [2.45, 2.75) is 31.7 Å². The van der Waals surface area contributed by atoms with Gasteiger partial charge in [-0.05, 0) is 44.5 Å². The average Bonchev–Trinajstić information content (AvgIpc) is 3.30. The molecule has 0 spiro atoms. The number of H-pyrrole nitrogens is 1. The fourth-order valence-corrected chi connectivity index (χ4v) is 4.31. The zero-order valence-corrected chi connectivity index (χ0v) is 16.1. The van der Waals surface area contributed by atoms with E-state index in [4.69, 9.17) is 4.74 Å². The minimum absolute atomic E-state index is 0.0200. The van der Waals surface area contributed by atoms with Crippen LogP contribution in [0, 0.1) is 5.92 Å². The van der Waals surface area contributed by atoms with Gasteiger partial charge in [0.1, 0.15) is 11.6 Å². The van der Waals surface area contributed by atoms with Crippen molar-refractivity contribution in [1.29, 1.82) is 0 Å². The van der Waals surface area contributed by atoms with Gasteiger partial charge in [0.05, 0.1) is 31.0 Å². The lowest BCUT2D eigenvalue weighted by Crippen LogP contribution is -2.37. The Morgan fingerprint density at radius 3 is 2.85 bits per heavy atom. The van der Waals surface area contributed by atoms with Crippen LogP contribution in [0.25, 0.3) is 11.3 Å². The van der Waals surface area contributed by atoms with Crippen molar-refractivity contribution in [3.8, 4) is 17.0 Å². The number of imidazole rings is 1. The second-order valence-electron chi connectivity index (χ2n) is 7.67. The van der Waals surface area contributed by atoms with Crippen LogP contribution in [0.3, 0.4) is 0 Å². The zero-order chi connectivity index (χ0) is 18.8. The third-order valence-corrected chi connectivity index (χ3v) is 5.89. The number of likely N-dealkylation sites (tertiary alicyclic amines) is 2. The fraction of sp³-hybridized carbons (Fsp3) is 0.524. The lowest BCUT2D eigenvalue weighted by atomic mass is 10.0. The van der Waals surface area contributed by atoms with E-state index in [1.807, 2.05) is 42.4 Å². The molecule has 1 aromatic heterocycles. The number of benzene rings is 1. The molecule has 27 heavy (non-hydrogen) atoms. The van der Waals surface area contributed by atoms with Crippen molar-refractivity contribution < 1.29 is 9.53 Å². The van der Waals surface area contributed by atoms with E-state index in [1.165, 1.54) is 19.3 Å². The number of nitrogens with zero attached hydrogens (tertiary/aromatic N) is 3. The van der Waals surface area contributed by atoms with Crippen LogP contribution in [0.2, 0.25) is 0 Å². The number of carbonyl (C=O) groups is 1. The Labute approximate surface area is 160 Å². The predicted octanol–water partition coefficient (Wildman–Crippen LogP) is 3.09. The predicted molar refractivity (Wildman–Crippen MR) is 104 cm³/mol. The summed E-state index contributed by atoms with van der Waals surface area (Å²) in [6.45, 7) is 3.13. The third kappa shape index (κ3) is 3.72. The molecule has 1 amide bonds. The quantitative estimate of drug-likeness (QED) is 0.881. The summed E-state index contributed by atoms with van der Waals surface area (Å²) in [5.41, 5.74) is 1.98. The summed E-state index contributed by atoms with van der Waals surface area (Å²) >= 11 is 0. The molecule has 0 aliphatic carbocycles. The average molecular weight is 368 g/mol. The van der Waals surface area contributed by atoms with Gasteiger partial charge >= 0.3 is 0 Å². The van der Waals surface area contributed by atoms with E-state index in [-0.39, 0.29) is 17.9 Å². The number of rotatable bonds is 5. The minimum atomic E-state index is 0.0200. The van der Waals surface area contributed by atoms with E-state index in [0.29, 0.717) is 0 Å². The van der Waals surface area contributed by atoms with Crippen LogP contribution >= 0.6 is 0 Å². The second kappa shape index (κ2) is 7.72. The second-order valence-corrected chi connectivity index (χ2v) is 7.67. The van der Waals surface area contributed by atoms with Crippen LogP contribution in [-0.2, 0) is 4.79 Å². The number of ether oxygens (including phenoxy) is 1. The largest absolute Gasteiger partial charge is 0.497 e. The van der Waals surface area contributed by atoms with Crippen molar-refractivity contribution >= 4 is 5.91 Å². The topological polar surface area (TPSA) is 61.5 Å². The van der Waals surface area contributed by atoms with E-state index in [9.17, 15) is 4.79 Å². The monoisotopic (exact) mass is 368 g/mol. The van der Waals surface area contributed by atoms with Crippen molar-refractivity contribution in [1.82, 2.24) is 19.8 Å². The molecule has 1 N–H and O–H groups in total. The summed E-state index contributed by atoms with van der Waals surface area (Å²) in [5.74, 6) is 2.00. The summed E-state index contributed by atoms with van der Waals surface area (Å²) in [6, 6.07) is 7.93. The van der Waals surface area contributed by atoms with Crippen molar-refractivity contribution in [2.24, 2.45) is 5.92 Å². The molecule has 6 nitrogen and oxygen atoms in total. The van der Waals surface area contributed by atoms with Gasteiger partial charge < -0.3 is 19.5 Å². The number of amides is 1. The van der Waals surface area contributed by atoms with Crippen LogP contribution in [0.1, 0.15) is 37.5 Å². The van der Waals surface area contributed by atoms with Gasteiger partial charge in [-0.2, -0.15) is 0 Å². The molecule has 2 aliphatic rings. The highest BCUT2D eigenvalue weighted by Crippen LogP contribution is 2.35. The van der Waals surface area contributed by atoms with Gasteiger partial charge in [0.25, 0.3) is 0 Å². The number of hydrogen-bond donors (Lipinski definition) is 1. The molecule has 2 atom stereocenters. The summed E-state index contributed by atoms with van der Waals surface area (Å²) in [6.07, 6.45) is 6.50. The zero-order valence-electron chi connectivity index (χ0n) is 16.1. The summed E-state index contributed by atoms with van der Waals surface area (Å²) in [7, 11) is 3.57. The number of nitrogens with one attached hydrogen (secondary N) is 1. The Hall–Kier alpha value is -2.34. The number of piperidine rings is 1. The number of aromatic amines is 1. The molecule has 2 aromatic rings. The van der Waals surface area contributed by atoms with Gasteiger partial charge in [-0.15, -0.1) is 0 Å². The first-order chi connectivity index (χ1) is 13.2. The summed E-state index contributed by atoms with van der Waals surface area (Å²) < 4.78 is 5.31. The highest BCUT2D eigenvalue weighted by Gasteiger charge is 2.40. The Kier molecular flexibility index (Phi) is 5.16. The van der Waals surface area contributed by atoms with Gasteiger partial charge in [-0.25, -0.2) is 4.98 Å². The van der Waals surface area contributed by atoms with Crippen LogP contribution in [0.15, 0.2) is 30.5 Å². The molecular weight excluding hydrogens is 340 g/mol. The smallest absolute Gasteiger partial charge is 0.227 e. The van der Waals surface area contributed by atoms with Crippen molar-refractivity contribution in [3.05, 3.63) is 36.3 Å². The van der Waals surface area contributed by atoms with Gasteiger partial charge in [-0.3, -0.25) is 4.79 Å². The van der Waals surface area contributed by atoms with E-state index in [2.05, 4.69) is 14.9 Å². The molecule has 2 aliphatic heterocycles. The van der Waals surface area contributed by atoms with Gasteiger partial charge in [0.15, 0.2) is 0 Å². The molecule has 0 bridgehead atoms. The number of carbonyl (C=O) groups excluding carboxylic acids is 1. The number of aromatic nitrogens is 2. The Morgan fingerprint density at radius 1 is 1.26 bits per heavy atom. The van der Waals surface area contributed by atoms with Crippen LogP contribution in [0.4, 0.5) is 0 Å². The maximum absolute atomic E-state index is 12.8. The number of methoxy groups -OCH3 is 1. The lowest BCUT2D eigenvalue weighted by Gasteiger charge is -2.28. The fourth-order valence-electron chi connectivity index (χ4n) is 4.31. The van der Waals surface area contributed by atoms with E-state index in [1.54, 1.807) is 7.11 Å². The maximum Gasteiger partial charge on any atom is 0.227 e. The molecule has 1 aromatic carbocycles. The molecule has 2 fully saturated rings. The van der Waals surface area contributed by atoms with E-state index >= 15 is 0 Å². The van der Waals surface area contributed by atoms with E-state index in [0.717, 1.165) is 48.9 Å². The van der Waals surface area contributed by atoms with Gasteiger partial charge in [0.2, 0.25) is 5.91 Å². The molecule has 2 saturated heterocycles. The molecule has 2 unspecified atom stereocenters. The van der Waals surface area contributed by atoms with E-state index < -0.39 is 0 Å². The molecule has 0 radical (unpaired) electrons. The van der Waals surface area contributed by atoms with Crippen LogP contribution in [-0.4, -0.2) is 59.5 Å². The van der Waals surface area contributed by atoms with Crippen molar-refractivity contribution in [3.63, 3.8) is 0 Å². The highest BCUT2D eigenvalue weighted by molar-refractivity contribution is 5.81. The Morgan fingerprint density at radius 2 is 2.07 bits per heavy atom. The molecule has 4 rings (SSSR count). The minimum Gasteiger partial charge on any atom is -0.497 e. The molecule has 3 heterocycles. The standard InChI is InChI=1S/C21H28N4O2/c1-24-19(12-16(21(24)26)14-25-9-4-3-5-10-25)20-22-13-18(23-20)15-7-6-8-17(11-15)27-2/h6-8,11,13,16,19H,3-5,9-10,12,14H2,1-2H3,(H,22,23). The first kappa shape index (κ1) is 18.0. The Bertz CT molecular complexity index is 797. The molecule has 144 valence electrons.